The van der Waals surface area contributed by atoms with Gasteiger partial charge in [0, 0.05) is 38.3 Å². The van der Waals surface area contributed by atoms with Crippen molar-refractivity contribution in [3.8, 4) is 11.6 Å². The first kappa shape index (κ1) is 24.2. The molecule has 1 saturated carbocycles. The van der Waals surface area contributed by atoms with Gasteiger partial charge in [-0.15, -0.1) is 5.10 Å². The molecule has 3 fully saturated rings. The third kappa shape index (κ3) is 4.75. The van der Waals surface area contributed by atoms with Gasteiger partial charge in [-0.25, -0.2) is 26.8 Å². The maximum Gasteiger partial charge on any atom is 0.223 e. The fourth-order valence-corrected chi connectivity index (χ4v) is 6.86. The lowest BCUT2D eigenvalue weighted by Gasteiger charge is -2.24. The minimum atomic E-state index is -3.19. The highest BCUT2D eigenvalue weighted by Gasteiger charge is 2.45. The van der Waals surface area contributed by atoms with Crippen molar-refractivity contribution in [1.29, 1.82) is 0 Å². The quantitative estimate of drug-likeness (QED) is 0.421. The van der Waals surface area contributed by atoms with Crippen molar-refractivity contribution in [3.05, 3.63) is 40.2 Å². The molecule has 1 aliphatic carbocycles. The molecule has 2 saturated heterocycles. The number of ether oxygens (including phenoxy) is 1. The lowest BCUT2D eigenvalue weighted by molar-refractivity contribution is 0.257. The van der Waals surface area contributed by atoms with E-state index in [0.29, 0.717) is 47.2 Å². The van der Waals surface area contributed by atoms with Gasteiger partial charge in [-0.1, -0.05) is 5.21 Å². The second kappa shape index (κ2) is 9.00. The van der Waals surface area contributed by atoms with E-state index >= 15 is 0 Å². The molecule has 12 heteroatoms. The van der Waals surface area contributed by atoms with Crippen LogP contribution < -0.4 is 4.74 Å². The van der Waals surface area contributed by atoms with Gasteiger partial charge in [0.05, 0.1) is 22.4 Å². The summed E-state index contributed by atoms with van der Waals surface area (Å²) in [5, 5.41) is 8.64. The molecule has 1 spiro atoms. The van der Waals surface area contributed by atoms with Crippen molar-refractivity contribution in [1.82, 2.24) is 29.2 Å². The second-order valence-electron chi connectivity index (χ2n) is 10.5. The molecule has 6 rings (SSSR count). The highest BCUT2D eigenvalue weighted by atomic mass is 79.9. The SMILES string of the molecule is CS(=O)(=O)N1CCC2(CCN(Cc3cc(F)cnc3Oc3ccc4c(nnn4CC4CC4)c3Br)C2)C1. The molecule has 9 nitrogen and oxygen atoms in total. The molecule has 4 heterocycles. The fraction of sp³-hybridized carbons (Fsp3) is 0.542. The molecule has 0 amide bonds. The van der Waals surface area contributed by atoms with Crippen molar-refractivity contribution in [2.75, 3.05) is 32.4 Å². The molecule has 1 unspecified atom stereocenters. The largest absolute Gasteiger partial charge is 0.437 e. The van der Waals surface area contributed by atoms with Crippen LogP contribution in [0.4, 0.5) is 4.39 Å². The van der Waals surface area contributed by atoms with Crippen LogP contribution in [0.1, 0.15) is 31.2 Å². The summed E-state index contributed by atoms with van der Waals surface area (Å²) in [6.45, 7) is 4.01. The van der Waals surface area contributed by atoms with Gasteiger partial charge in [0.25, 0.3) is 0 Å². The number of pyridine rings is 1. The van der Waals surface area contributed by atoms with E-state index in [1.54, 1.807) is 4.31 Å². The highest BCUT2D eigenvalue weighted by Crippen LogP contribution is 2.42. The molecular weight excluding hydrogens is 551 g/mol. The minimum absolute atomic E-state index is 0.0504. The number of likely N-dealkylation sites (tertiary alicyclic amines) is 1. The Morgan fingerprint density at radius 2 is 2.03 bits per heavy atom. The predicted octanol–water partition coefficient (Wildman–Crippen LogP) is 3.79. The number of halogens is 2. The van der Waals surface area contributed by atoms with Crippen LogP contribution in [0.15, 0.2) is 28.9 Å². The first-order valence-corrected chi connectivity index (χ1v) is 14.8. The van der Waals surface area contributed by atoms with Crippen LogP contribution in [0.2, 0.25) is 0 Å². The van der Waals surface area contributed by atoms with Crippen molar-refractivity contribution in [2.45, 2.75) is 38.8 Å². The zero-order chi connectivity index (χ0) is 25.1. The van der Waals surface area contributed by atoms with Crippen LogP contribution in [-0.2, 0) is 23.1 Å². The summed E-state index contributed by atoms with van der Waals surface area (Å²) in [4.78, 5) is 6.48. The number of fused-ring (bicyclic) bond motifs is 1. The summed E-state index contributed by atoms with van der Waals surface area (Å²) in [5.41, 5.74) is 2.26. The first-order valence-electron chi connectivity index (χ1n) is 12.2. The van der Waals surface area contributed by atoms with Crippen LogP contribution >= 0.6 is 15.9 Å². The van der Waals surface area contributed by atoms with E-state index < -0.39 is 15.8 Å². The van der Waals surface area contributed by atoms with Crippen molar-refractivity contribution < 1.29 is 17.5 Å². The standard InChI is InChI=1S/C24H28BrFN6O3S/c1-36(33,34)31-9-7-24(15-31)6-8-30(14-24)13-17-10-18(26)11-27-23(17)35-20-5-4-19-22(21(20)25)28-29-32(19)12-16-2-3-16/h4-5,10-11,16H,2-3,6-9,12-15H2,1H3. The molecule has 0 N–H and O–H groups in total. The number of hydrogen-bond donors (Lipinski definition) is 0. The Balaban J connectivity index is 1.20. The van der Waals surface area contributed by atoms with Gasteiger partial charge in [0.1, 0.15) is 17.1 Å². The second-order valence-corrected chi connectivity index (χ2v) is 13.3. The van der Waals surface area contributed by atoms with Crippen LogP contribution in [-0.4, -0.2) is 70.0 Å². The maximum atomic E-state index is 14.2. The number of benzene rings is 1. The van der Waals surface area contributed by atoms with Crippen LogP contribution in [0.25, 0.3) is 11.0 Å². The monoisotopic (exact) mass is 578 g/mol. The Morgan fingerprint density at radius 3 is 2.78 bits per heavy atom. The average molecular weight is 579 g/mol. The summed E-state index contributed by atoms with van der Waals surface area (Å²) >= 11 is 3.62. The number of hydrogen-bond acceptors (Lipinski definition) is 7. The Labute approximate surface area is 217 Å². The molecule has 0 bridgehead atoms. The molecule has 1 aromatic carbocycles. The Hall–Kier alpha value is -2.15. The molecule has 0 radical (unpaired) electrons. The number of nitrogens with zero attached hydrogens (tertiary/aromatic N) is 6. The van der Waals surface area contributed by atoms with Gasteiger partial charge >= 0.3 is 0 Å². The first-order chi connectivity index (χ1) is 17.2. The zero-order valence-corrected chi connectivity index (χ0v) is 22.4. The van der Waals surface area contributed by atoms with Gasteiger partial charge < -0.3 is 4.74 Å². The van der Waals surface area contributed by atoms with Crippen molar-refractivity contribution >= 4 is 37.0 Å². The normalized spacial score (nSPS) is 23.3. The molecule has 2 aliphatic heterocycles. The Bertz CT molecular complexity index is 1430. The summed E-state index contributed by atoms with van der Waals surface area (Å²) in [6.07, 6.45) is 6.65. The van der Waals surface area contributed by atoms with E-state index in [4.69, 9.17) is 4.74 Å². The van der Waals surface area contributed by atoms with Crippen LogP contribution in [0.3, 0.4) is 0 Å². The lowest BCUT2D eigenvalue weighted by atomic mass is 9.86. The molecule has 3 aromatic rings. The summed E-state index contributed by atoms with van der Waals surface area (Å²) in [6, 6.07) is 5.26. The predicted molar refractivity (Wildman–Crippen MR) is 136 cm³/mol. The van der Waals surface area contributed by atoms with E-state index in [1.807, 2.05) is 16.8 Å². The number of rotatable bonds is 7. The minimum Gasteiger partial charge on any atom is -0.437 e. The molecule has 36 heavy (non-hydrogen) atoms. The highest BCUT2D eigenvalue weighted by molar-refractivity contribution is 9.10. The van der Waals surface area contributed by atoms with E-state index in [0.717, 1.165) is 49.7 Å². The van der Waals surface area contributed by atoms with Crippen LogP contribution in [0, 0.1) is 17.2 Å². The lowest BCUT2D eigenvalue weighted by Crippen LogP contribution is -2.33. The van der Waals surface area contributed by atoms with Gasteiger partial charge in [-0.3, -0.25) is 4.90 Å². The van der Waals surface area contributed by atoms with E-state index in [1.165, 1.54) is 25.2 Å². The number of sulfonamides is 1. The topological polar surface area (TPSA) is 93.5 Å². The fourth-order valence-electron chi connectivity index (χ4n) is 5.44. The molecule has 1 atom stereocenters. The van der Waals surface area contributed by atoms with Gasteiger partial charge in [-0.05, 0) is 77.7 Å². The van der Waals surface area contributed by atoms with E-state index in [-0.39, 0.29) is 5.41 Å². The maximum absolute atomic E-state index is 14.2. The molecule has 192 valence electrons. The smallest absolute Gasteiger partial charge is 0.223 e. The summed E-state index contributed by atoms with van der Waals surface area (Å²) < 4.78 is 48.6. The average Bonchev–Trinajstić information content (AvgIpc) is 3.21. The van der Waals surface area contributed by atoms with Gasteiger partial charge in [-0.2, -0.15) is 0 Å². The number of aromatic nitrogens is 4. The Kier molecular flexibility index (Phi) is 6.05. The molecule has 3 aliphatic rings. The zero-order valence-electron chi connectivity index (χ0n) is 20.0. The van der Waals surface area contributed by atoms with E-state index in [2.05, 4.69) is 36.1 Å². The Morgan fingerprint density at radius 1 is 1.22 bits per heavy atom. The molecular formula is C24H28BrFN6O3S. The summed E-state index contributed by atoms with van der Waals surface area (Å²) in [5.74, 6) is 1.14. The third-order valence-corrected chi connectivity index (χ3v) is 9.62. The van der Waals surface area contributed by atoms with Crippen LogP contribution in [0.5, 0.6) is 11.6 Å². The third-order valence-electron chi connectivity index (χ3n) is 7.60. The van der Waals surface area contributed by atoms with E-state index in [9.17, 15) is 12.8 Å². The summed E-state index contributed by atoms with van der Waals surface area (Å²) in [7, 11) is -3.19. The van der Waals surface area contributed by atoms with Gasteiger partial charge in [0.15, 0.2) is 0 Å². The van der Waals surface area contributed by atoms with Crippen molar-refractivity contribution in [2.24, 2.45) is 11.3 Å². The molecule has 2 aromatic heterocycles. The van der Waals surface area contributed by atoms with Crippen molar-refractivity contribution in [3.63, 3.8) is 0 Å². The van der Waals surface area contributed by atoms with Gasteiger partial charge in [0.2, 0.25) is 15.9 Å².